The van der Waals surface area contributed by atoms with E-state index in [1.165, 1.54) is 11.8 Å². The van der Waals surface area contributed by atoms with Gasteiger partial charge in [0.05, 0.1) is 19.4 Å². The van der Waals surface area contributed by atoms with Crippen molar-refractivity contribution >= 4 is 5.91 Å². The topological polar surface area (TPSA) is 55.3 Å². The zero-order valence-electron chi connectivity index (χ0n) is 13.1. The second-order valence-corrected chi connectivity index (χ2v) is 5.85. The minimum absolute atomic E-state index is 0.0362. The highest BCUT2D eigenvalue weighted by Gasteiger charge is 2.25. The number of hydrogen-bond donors (Lipinski definition) is 0. The smallest absolute Gasteiger partial charge is 0.274 e. The van der Waals surface area contributed by atoms with Crippen LogP contribution in [0.3, 0.4) is 0 Å². The van der Waals surface area contributed by atoms with Gasteiger partial charge in [-0.3, -0.25) is 9.78 Å². The molecule has 1 saturated heterocycles. The van der Waals surface area contributed by atoms with Crippen LogP contribution in [0.4, 0.5) is 0 Å². The molecule has 0 N–H and O–H groups in total. The molecular formula is C18H21N3O2. The molecule has 0 bridgehead atoms. The number of rotatable bonds is 5. The van der Waals surface area contributed by atoms with Gasteiger partial charge in [0, 0.05) is 25.5 Å². The molecule has 1 unspecified atom stereocenters. The molecule has 120 valence electrons. The van der Waals surface area contributed by atoms with Crippen LogP contribution in [0.1, 0.15) is 28.9 Å². The number of carbonyl (C=O) groups is 1. The molecule has 1 amide bonds. The van der Waals surface area contributed by atoms with Crippen LogP contribution >= 0.6 is 0 Å². The van der Waals surface area contributed by atoms with E-state index in [1.807, 2.05) is 23.1 Å². The van der Waals surface area contributed by atoms with E-state index in [9.17, 15) is 4.79 Å². The van der Waals surface area contributed by atoms with E-state index in [-0.39, 0.29) is 5.91 Å². The molecule has 0 radical (unpaired) electrons. The summed E-state index contributed by atoms with van der Waals surface area (Å²) in [5.41, 5.74) is 1.59. The number of hydrogen-bond acceptors (Lipinski definition) is 4. The number of amides is 1. The van der Waals surface area contributed by atoms with Crippen LogP contribution in [-0.2, 0) is 11.3 Å². The molecular weight excluding hydrogens is 290 g/mol. The molecule has 1 atom stereocenters. The lowest BCUT2D eigenvalue weighted by Gasteiger charge is -2.32. The van der Waals surface area contributed by atoms with E-state index in [4.69, 9.17) is 4.74 Å². The van der Waals surface area contributed by atoms with Gasteiger partial charge < -0.3 is 9.64 Å². The lowest BCUT2D eigenvalue weighted by atomic mass is 9.98. The standard InChI is InChI=1S/C18H21N3O2/c22-18(17-11-19-8-9-20-17)21-10-4-7-16(12-21)14-23-13-15-5-2-1-3-6-15/h1-3,5-6,8-9,11,16H,4,7,10,12-14H2. The van der Waals surface area contributed by atoms with Gasteiger partial charge in [-0.05, 0) is 24.3 Å². The fourth-order valence-electron chi connectivity index (χ4n) is 2.87. The van der Waals surface area contributed by atoms with Crippen LogP contribution in [0.2, 0.25) is 0 Å². The minimum atomic E-state index is -0.0362. The van der Waals surface area contributed by atoms with Gasteiger partial charge in [-0.25, -0.2) is 4.98 Å². The number of nitrogens with zero attached hydrogens (tertiary/aromatic N) is 3. The molecule has 5 nitrogen and oxygen atoms in total. The predicted molar refractivity (Wildman–Crippen MR) is 86.8 cm³/mol. The van der Waals surface area contributed by atoms with Crippen LogP contribution in [-0.4, -0.2) is 40.5 Å². The Hall–Kier alpha value is -2.27. The van der Waals surface area contributed by atoms with Crippen molar-refractivity contribution in [3.05, 3.63) is 60.2 Å². The van der Waals surface area contributed by atoms with Crippen molar-refractivity contribution in [1.29, 1.82) is 0 Å². The molecule has 1 fully saturated rings. The zero-order chi connectivity index (χ0) is 15.9. The molecule has 1 aromatic carbocycles. The van der Waals surface area contributed by atoms with Gasteiger partial charge in [0.2, 0.25) is 0 Å². The van der Waals surface area contributed by atoms with Crippen molar-refractivity contribution in [2.45, 2.75) is 19.4 Å². The van der Waals surface area contributed by atoms with Gasteiger partial charge in [0.25, 0.3) is 5.91 Å². The van der Waals surface area contributed by atoms with Crippen LogP contribution in [0.15, 0.2) is 48.9 Å². The van der Waals surface area contributed by atoms with E-state index in [1.54, 1.807) is 12.4 Å². The maximum absolute atomic E-state index is 12.4. The Morgan fingerprint density at radius 2 is 2.13 bits per heavy atom. The summed E-state index contributed by atoms with van der Waals surface area (Å²) in [5, 5.41) is 0. The maximum atomic E-state index is 12.4. The van der Waals surface area contributed by atoms with Crippen LogP contribution in [0.25, 0.3) is 0 Å². The van der Waals surface area contributed by atoms with Crippen molar-refractivity contribution in [2.75, 3.05) is 19.7 Å². The Labute approximate surface area is 136 Å². The van der Waals surface area contributed by atoms with E-state index < -0.39 is 0 Å². The summed E-state index contributed by atoms with van der Waals surface area (Å²) in [4.78, 5) is 22.4. The molecule has 3 rings (SSSR count). The Kier molecular flexibility index (Phi) is 5.32. The summed E-state index contributed by atoms with van der Waals surface area (Å²) >= 11 is 0. The van der Waals surface area contributed by atoms with E-state index in [0.717, 1.165) is 25.9 Å². The van der Waals surface area contributed by atoms with E-state index in [0.29, 0.717) is 24.8 Å². The summed E-state index contributed by atoms with van der Waals surface area (Å²) in [6.45, 7) is 2.81. The quantitative estimate of drug-likeness (QED) is 0.851. The van der Waals surface area contributed by atoms with Crippen molar-refractivity contribution in [3.63, 3.8) is 0 Å². The number of aromatic nitrogens is 2. The molecule has 1 aliphatic heterocycles. The Balaban J connectivity index is 1.49. The second kappa shape index (κ2) is 7.83. The Morgan fingerprint density at radius 1 is 1.26 bits per heavy atom. The molecule has 1 aromatic heterocycles. The third kappa shape index (κ3) is 4.36. The number of benzene rings is 1. The molecule has 1 aliphatic rings. The highest BCUT2D eigenvalue weighted by atomic mass is 16.5. The third-order valence-corrected chi connectivity index (χ3v) is 4.05. The molecule has 2 heterocycles. The van der Waals surface area contributed by atoms with Crippen molar-refractivity contribution in [3.8, 4) is 0 Å². The van der Waals surface area contributed by atoms with Crippen LogP contribution in [0.5, 0.6) is 0 Å². The SMILES string of the molecule is O=C(c1cnccn1)N1CCCC(COCc2ccccc2)C1. The van der Waals surface area contributed by atoms with Gasteiger partial charge in [0.15, 0.2) is 0 Å². The first-order chi connectivity index (χ1) is 11.3. The fraction of sp³-hybridized carbons (Fsp3) is 0.389. The highest BCUT2D eigenvalue weighted by Crippen LogP contribution is 2.19. The largest absolute Gasteiger partial charge is 0.376 e. The average Bonchev–Trinajstić information content (AvgIpc) is 2.63. The molecule has 23 heavy (non-hydrogen) atoms. The summed E-state index contributed by atoms with van der Waals surface area (Å²) in [6, 6.07) is 10.2. The lowest BCUT2D eigenvalue weighted by Crippen LogP contribution is -2.41. The van der Waals surface area contributed by atoms with E-state index >= 15 is 0 Å². The molecule has 2 aromatic rings. The summed E-state index contributed by atoms with van der Waals surface area (Å²) < 4.78 is 5.83. The Bertz CT molecular complexity index is 619. The number of likely N-dealkylation sites (tertiary alicyclic amines) is 1. The first kappa shape index (κ1) is 15.6. The third-order valence-electron chi connectivity index (χ3n) is 4.05. The summed E-state index contributed by atoms with van der Waals surface area (Å²) in [6.07, 6.45) is 6.76. The van der Waals surface area contributed by atoms with Gasteiger partial charge in [-0.15, -0.1) is 0 Å². The lowest BCUT2D eigenvalue weighted by molar-refractivity contribution is 0.0422. The van der Waals surface area contributed by atoms with Crippen molar-refractivity contribution in [2.24, 2.45) is 5.92 Å². The first-order valence-electron chi connectivity index (χ1n) is 8.00. The molecule has 0 spiro atoms. The second-order valence-electron chi connectivity index (χ2n) is 5.85. The normalized spacial score (nSPS) is 17.9. The number of ether oxygens (including phenoxy) is 1. The number of piperidine rings is 1. The van der Waals surface area contributed by atoms with Gasteiger partial charge >= 0.3 is 0 Å². The minimum Gasteiger partial charge on any atom is -0.376 e. The fourth-order valence-corrected chi connectivity index (χ4v) is 2.87. The average molecular weight is 311 g/mol. The predicted octanol–water partition coefficient (Wildman–Crippen LogP) is 2.55. The Morgan fingerprint density at radius 3 is 2.91 bits per heavy atom. The van der Waals surface area contributed by atoms with Crippen molar-refractivity contribution < 1.29 is 9.53 Å². The summed E-state index contributed by atoms with van der Waals surface area (Å²) in [7, 11) is 0. The molecule has 5 heteroatoms. The van der Waals surface area contributed by atoms with Gasteiger partial charge in [0.1, 0.15) is 5.69 Å². The highest BCUT2D eigenvalue weighted by molar-refractivity contribution is 5.92. The molecule has 0 aliphatic carbocycles. The van der Waals surface area contributed by atoms with Gasteiger partial charge in [-0.1, -0.05) is 30.3 Å². The first-order valence-corrected chi connectivity index (χ1v) is 8.00. The van der Waals surface area contributed by atoms with Crippen molar-refractivity contribution in [1.82, 2.24) is 14.9 Å². The maximum Gasteiger partial charge on any atom is 0.274 e. The summed E-state index contributed by atoms with van der Waals surface area (Å²) in [5.74, 6) is 0.346. The zero-order valence-corrected chi connectivity index (χ0v) is 13.1. The van der Waals surface area contributed by atoms with Crippen LogP contribution < -0.4 is 0 Å². The molecule has 0 saturated carbocycles. The van der Waals surface area contributed by atoms with Gasteiger partial charge in [-0.2, -0.15) is 0 Å². The monoisotopic (exact) mass is 311 g/mol. The number of carbonyl (C=O) groups excluding carboxylic acids is 1. The van der Waals surface area contributed by atoms with E-state index in [2.05, 4.69) is 22.1 Å². The van der Waals surface area contributed by atoms with Crippen LogP contribution in [0, 0.1) is 5.92 Å².